The Morgan fingerprint density at radius 3 is 1.68 bits per heavy atom. The van der Waals surface area contributed by atoms with Crippen LogP contribution in [0.25, 0.3) is 0 Å². The predicted molar refractivity (Wildman–Crippen MR) is 76.8 cm³/mol. The molecule has 116 valence electrons. The van der Waals surface area contributed by atoms with E-state index >= 15 is 0 Å². The second-order valence-corrected chi connectivity index (χ2v) is 7.34. The molecule has 0 amide bonds. The lowest BCUT2D eigenvalue weighted by molar-refractivity contribution is -0.597. The van der Waals surface area contributed by atoms with Crippen LogP contribution in [0.5, 0.6) is 0 Å². The Bertz CT molecular complexity index is 518. The number of carbonyl (C=O) groups is 2. The summed E-state index contributed by atoms with van der Waals surface area (Å²) in [6.45, 7) is 0. The highest BCUT2D eigenvalue weighted by Crippen LogP contribution is 1.92. The lowest BCUT2D eigenvalue weighted by Gasteiger charge is -1.96. The molecule has 0 atom stereocenters. The fourth-order valence-corrected chi connectivity index (χ4v) is 3.73. The van der Waals surface area contributed by atoms with Gasteiger partial charge < -0.3 is 15.0 Å². The number of aliphatic carboxylic acids is 2. The third-order valence-corrected chi connectivity index (χ3v) is 5.14. The zero-order chi connectivity index (χ0) is 16.2. The van der Waals surface area contributed by atoms with Gasteiger partial charge in [-0.1, -0.05) is 36.4 Å². The molecule has 0 bridgehead atoms. The van der Waals surface area contributed by atoms with Gasteiger partial charge in [-0.2, -0.15) is 0 Å². The van der Waals surface area contributed by atoms with E-state index in [-0.39, 0.29) is 40.5 Å². The van der Waals surface area contributed by atoms with Crippen LogP contribution >= 0.6 is 0 Å². The maximum absolute atomic E-state index is 9.77. The second kappa shape index (κ2) is 10.8. The summed E-state index contributed by atoms with van der Waals surface area (Å²) >= 11 is 0.0287. The molecule has 0 heterocycles. The number of rotatable bonds is 6. The van der Waals surface area contributed by atoms with Crippen molar-refractivity contribution >= 4 is 11.9 Å². The number of carbonyl (C=O) groups excluding carboxylic acids is 1. The second-order valence-electron chi connectivity index (χ2n) is 4.30. The van der Waals surface area contributed by atoms with E-state index in [1.165, 1.54) is 7.14 Å². The van der Waals surface area contributed by atoms with Crippen LogP contribution in [0.3, 0.4) is 0 Å². The third kappa shape index (κ3) is 9.12. The highest BCUT2D eigenvalue weighted by atomic mass is 127. The van der Waals surface area contributed by atoms with Gasteiger partial charge in [-0.25, -0.2) is 0 Å². The van der Waals surface area contributed by atoms with Crippen molar-refractivity contribution < 1.29 is 41.0 Å². The van der Waals surface area contributed by atoms with Gasteiger partial charge in [0.25, 0.3) is 0 Å². The molecule has 0 aliphatic rings. The summed E-state index contributed by atoms with van der Waals surface area (Å²) in [6.07, 6.45) is -0.127. The molecule has 2 aromatic carbocycles. The highest BCUT2D eigenvalue weighted by molar-refractivity contribution is 5.68. The standard InChI is InChI=1S/C12H10I.C5H8O4/c1-3-7-11(8-4-1)13-12-9-5-2-6-10-12;6-4(7)2-1-3-5(8)9/h1-10H;1-3H2,(H,6,7)(H,8,9)/q+1;/p-1. The molecular formula is C17H17IO4. The minimum Gasteiger partial charge on any atom is -0.550 e. The summed E-state index contributed by atoms with van der Waals surface area (Å²) in [5, 5.41) is 17.7. The topological polar surface area (TPSA) is 77.4 Å². The van der Waals surface area contributed by atoms with Crippen LogP contribution in [-0.2, 0) is 9.59 Å². The van der Waals surface area contributed by atoms with E-state index in [2.05, 4.69) is 60.7 Å². The number of carboxylic acid groups (broad SMARTS) is 2. The predicted octanol–water partition coefficient (Wildman–Crippen LogP) is -1.19. The molecular weight excluding hydrogens is 395 g/mol. The Balaban J connectivity index is 0.000000239. The zero-order valence-electron chi connectivity index (χ0n) is 11.9. The number of benzene rings is 2. The Kier molecular flexibility index (Phi) is 8.90. The first-order chi connectivity index (χ1) is 10.6. The number of hydrogen-bond donors (Lipinski definition) is 1. The van der Waals surface area contributed by atoms with Crippen LogP contribution < -0.4 is 26.3 Å². The Hall–Kier alpha value is -1.89. The SMILES string of the molecule is O=C([O-])CCCC(=O)O.c1ccc([I+]c2ccccc2)cc1. The summed E-state index contributed by atoms with van der Waals surface area (Å²) in [4.78, 5) is 19.4. The van der Waals surface area contributed by atoms with Gasteiger partial charge in [-0.3, -0.25) is 4.79 Å². The van der Waals surface area contributed by atoms with Crippen molar-refractivity contribution in [3.05, 3.63) is 67.8 Å². The molecule has 0 aromatic heterocycles. The van der Waals surface area contributed by atoms with E-state index in [9.17, 15) is 14.7 Å². The maximum atomic E-state index is 9.77. The van der Waals surface area contributed by atoms with Crippen molar-refractivity contribution in [2.75, 3.05) is 0 Å². The summed E-state index contributed by atoms with van der Waals surface area (Å²) in [7, 11) is 0. The van der Waals surface area contributed by atoms with Gasteiger partial charge in [0.1, 0.15) is 0 Å². The molecule has 0 saturated heterocycles. The monoisotopic (exact) mass is 412 g/mol. The largest absolute Gasteiger partial charge is 0.550 e. The van der Waals surface area contributed by atoms with Crippen molar-refractivity contribution in [3.63, 3.8) is 0 Å². The van der Waals surface area contributed by atoms with Crippen molar-refractivity contribution in [2.24, 2.45) is 0 Å². The lowest BCUT2D eigenvalue weighted by atomic mass is 10.2. The molecule has 5 heteroatoms. The zero-order valence-corrected chi connectivity index (χ0v) is 14.1. The van der Waals surface area contributed by atoms with Crippen molar-refractivity contribution in [3.8, 4) is 0 Å². The van der Waals surface area contributed by atoms with E-state index in [4.69, 9.17) is 5.11 Å². The van der Waals surface area contributed by atoms with Gasteiger partial charge in [0, 0.05) is 12.4 Å². The van der Waals surface area contributed by atoms with E-state index in [1.54, 1.807) is 0 Å². The van der Waals surface area contributed by atoms with E-state index in [0.717, 1.165) is 0 Å². The Morgan fingerprint density at radius 2 is 1.32 bits per heavy atom. The molecule has 2 rings (SSSR count). The number of halogens is 1. The maximum Gasteiger partial charge on any atom is 0.357 e. The molecule has 4 nitrogen and oxygen atoms in total. The van der Waals surface area contributed by atoms with Gasteiger partial charge in [0.15, 0.2) is 7.14 Å². The van der Waals surface area contributed by atoms with E-state index in [1.807, 2.05) is 0 Å². The molecule has 0 spiro atoms. The Morgan fingerprint density at radius 1 is 0.864 bits per heavy atom. The first kappa shape index (κ1) is 18.2. The van der Waals surface area contributed by atoms with Gasteiger partial charge in [-0.05, 0) is 37.1 Å². The van der Waals surface area contributed by atoms with Gasteiger partial charge >= 0.3 is 27.2 Å². The first-order valence-corrected chi connectivity index (χ1v) is 8.90. The summed E-state index contributed by atoms with van der Waals surface area (Å²) < 4.78 is 2.96. The minimum absolute atomic E-state index is 0.0287. The fourth-order valence-electron chi connectivity index (χ4n) is 1.47. The summed E-state index contributed by atoms with van der Waals surface area (Å²) in [6, 6.07) is 21.4. The van der Waals surface area contributed by atoms with Gasteiger partial charge in [-0.15, -0.1) is 0 Å². The quantitative estimate of drug-likeness (QED) is 0.606. The molecule has 0 fully saturated rings. The van der Waals surface area contributed by atoms with Crippen molar-refractivity contribution in [2.45, 2.75) is 19.3 Å². The molecule has 22 heavy (non-hydrogen) atoms. The molecule has 0 unspecified atom stereocenters. The lowest BCUT2D eigenvalue weighted by Crippen LogP contribution is -3.61. The molecule has 0 aliphatic heterocycles. The summed E-state index contributed by atoms with van der Waals surface area (Å²) in [5.74, 6) is -2.17. The van der Waals surface area contributed by atoms with Crippen molar-refractivity contribution in [1.82, 2.24) is 0 Å². The molecule has 0 radical (unpaired) electrons. The van der Waals surface area contributed by atoms with Crippen LogP contribution in [0.4, 0.5) is 0 Å². The minimum atomic E-state index is -1.20. The van der Waals surface area contributed by atoms with Gasteiger partial charge in [0.2, 0.25) is 0 Å². The van der Waals surface area contributed by atoms with Crippen LogP contribution in [0, 0.1) is 7.14 Å². The van der Waals surface area contributed by atoms with Gasteiger partial charge in [0.05, 0.1) is 0 Å². The highest BCUT2D eigenvalue weighted by Gasteiger charge is 2.12. The number of carboxylic acids is 2. The normalized spacial score (nSPS) is 9.45. The average Bonchev–Trinajstić information content (AvgIpc) is 2.49. The summed E-state index contributed by atoms with van der Waals surface area (Å²) in [5.41, 5.74) is 0. The third-order valence-electron chi connectivity index (χ3n) is 2.46. The molecule has 1 N–H and O–H groups in total. The number of hydrogen-bond acceptors (Lipinski definition) is 3. The molecule has 0 saturated carbocycles. The smallest absolute Gasteiger partial charge is 0.357 e. The van der Waals surface area contributed by atoms with Crippen LogP contribution in [0.2, 0.25) is 0 Å². The fraction of sp³-hybridized carbons (Fsp3) is 0.176. The van der Waals surface area contributed by atoms with Crippen LogP contribution in [0.15, 0.2) is 60.7 Å². The average molecular weight is 412 g/mol. The van der Waals surface area contributed by atoms with Crippen LogP contribution in [-0.4, -0.2) is 17.0 Å². The van der Waals surface area contributed by atoms with Crippen molar-refractivity contribution in [1.29, 1.82) is 0 Å². The van der Waals surface area contributed by atoms with E-state index in [0.29, 0.717) is 0 Å². The first-order valence-electron chi connectivity index (χ1n) is 6.74. The Labute approximate surface area is 140 Å². The molecule has 0 aliphatic carbocycles. The van der Waals surface area contributed by atoms with E-state index < -0.39 is 11.9 Å². The van der Waals surface area contributed by atoms with Crippen LogP contribution in [0.1, 0.15) is 19.3 Å². The molecule has 2 aromatic rings.